The van der Waals surface area contributed by atoms with Gasteiger partial charge in [-0.3, -0.25) is 4.98 Å². The van der Waals surface area contributed by atoms with Gasteiger partial charge in [0.15, 0.2) is 0 Å². The molecule has 17 heavy (non-hydrogen) atoms. The summed E-state index contributed by atoms with van der Waals surface area (Å²) in [5, 5.41) is 3.41. The Bertz CT molecular complexity index is 331. The zero-order valence-corrected chi connectivity index (χ0v) is 12.0. The summed E-state index contributed by atoms with van der Waals surface area (Å²) >= 11 is 3.43. The molecule has 1 aromatic rings. The van der Waals surface area contributed by atoms with Gasteiger partial charge in [0.1, 0.15) is 0 Å². The van der Waals surface area contributed by atoms with Crippen LogP contribution >= 0.6 is 15.9 Å². The first-order valence-electron chi connectivity index (χ1n) is 6.58. The van der Waals surface area contributed by atoms with Crippen LogP contribution in [0.25, 0.3) is 0 Å². The quantitative estimate of drug-likeness (QED) is 0.906. The highest BCUT2D eigenvalue weighted by Gasteiger charge is 2.19. The third kappa shape index (κ3) is 3.78. The smallest absolute Gasteiger partial charge is 0.0574 e. The van der Waals surface area contributed by atoms with E-state index in [1.54, 1.807) is 0 Å². The molecule has 0 radical (unpaired) electrons. The Morgan fingerprint density at radius 2 is 2.12 bits per heavy atom. The van der Waals surface area contributed by atoms with Crippen LogP contribution in [-0.2, 0) is 0 Å². The zero-order valence-electron chi connectivity index (χ0n) is 10.5. The Kier molecular flexibility index (Phi) is 4.99. The Morgan fingerprint density at radius 1 is 1.35 bits per heavy atom. The van der Waals surface area contributed by atoms with Crippen molar-refractivity contribution in [3.63, 3.8) is 0 Å². The van der Waals surface area contributed by atoms with Crippen LogP contribution in [-0.4, -0.2) is 12.0 Å². The first kappa shape index (κ1) is 13.0. The highest BCUT2D eigenvalue weighted by Crippen LogP contribution is 2.31. The molecule has 0 bridgehead atoms. The minimum atomic E-state index is 0.409. The second-order valence-electron chi connectivity index (χ2n) is 4.98. The predicted molar refractivity (Wildman–Crippen MR) is 74.9 cm³/mol. The van der Waals surface area contributed by atoms with Crippen LogP contribution in [0.15, 0.2) is 22.8 Å². The molecular weight excluding hydrogens is 276 g/mol. The number of pyridine rings is 1. The highest BCUT2D eigenvalue weighted by molar-refractivity contribution is 9.10. The molecule has 1 N–H and O–H groups in total. The van der Waals surface area contributed by atoms with Gasteiger partial charge >= 0.3 is 0 Å². The minimum Gasteiger partial charge on any atom is -0.312 e. The van der Waals surface area contributed by atoms with Gasteiger partial charge in [-0.25, -0.2) is 0 Å². The van der Waals surface area contributed by atoms with Gasteiger partial charge in [-0.1, -0.05) is 32.1 Å². The topological polar surface area (TPSA) is 24.9 Å². The molecule has 2 rings (SSSR count). The highest BCUT2D eigenvalue weighted by atomic mass is 79.9. The number of aromatic nitrogens is 1. The molecule has 2 nitrogen and oxygen atoms in total. The third-order valence-corrected chi connectivity index (χ3v) is 4.22. The molecule has 1 aliphatic rings. The lowest BCUT2D eigenvalue weighted by Gasteiger charge is -2.26. The molecule has 1 atom stereocenters. The maximum atomic E-state index is 4.51. The SMILES string of the molecule is CNC(CC1CCCCC1)c1ccc(Br)cn1. The van der Waals surface area contributed by atoms with Crippen molar-refractivity contribution in [2.45, 2.75) is 44.6 Å². The molecule has 1 unspecified atom stereocenters. The molecule has 1 fully saturated rings. The number of nitrogens with zero attached hydrogens (tertiary/aromatic N) is 1. The van der Waals surface area contributed by atoms with Crippen LogP contribution < -0.4 is 5.32 Å². The number of hydrogen-bond donors (Lipinski definition) is 1. The van der Waals surface area contributed by atoms with Gasteiger partial charge in [-0.2, -0.15) is 0 Å². The van der Waals surface area contributed by atoms with Gasteiger partial charge in [-0.05, 0) is 47.4 Å². The van der Waals surface area contributed by atoms with Gasteiger partial charge < -0.3 is 5.32 Å². The Hall–Kier alpha value is -0.410. The van der Waals surface area contributed by atoms with E-state index in [0.29, 0.717) is 6.04 Å². The van der Waals surface area contributed by atoms with Gasteiger partial charge in [-0.15, -0.1) is 0 Å². The Labute approximate surface area is 112 Å². The lowest BCUT2D eigenvalue weighted by molar-refractivity contribution is 0.303. The van der Waals surface area contributed by atoms with Crippen LogP contribution in [0.4, 0.5) is 0 Å². The summed E-state index contributed by atoms with van der Waals surface area (Å²) in [6, 6.07) is 4.60. The molecule has 1 saturated carbocycles. The minimum absolute atomic E-state index is 0.409. The summed E-state index contributed by atoms with van der Waals surface area (Å²) in [4.78, 5) is 4.51. The van der Waals surface area contributed by atoms with Crippen molar-refractivity contribution in [1.29, 1.82) is 0 Å². The van der Waals surface area contributed by atoms with Crippen LogP contribution in [0.5, 0.6) is 0 Å². The monoisotopic (exact) mass is 296 g/mol. The second kappa shape index (κ2) is 6.50. The normalized spacial score (nSPS) is 19.2. The second-order valence-corrected chi connectivity index (χ2v) is 5.90. The number of rotatable bonds is 4. The largest absolute Gasteiger partial charge is 0.312 e. The molecule has 3 heteroatoms. The lowest BCUT2D eigenvalue weighted by atomic mass is 9.84. The van der Waals surface area contributed by atoms with Crippen LogP contribution in [0, 0.1) is 5.92 Å². The van der Waals surface area contributed by atoms with Crippen molar-refractivity contribution < 1.29 is 0 Å². The van der Waals surface area contributed by atoms with E-state index in [1.165, 1.54) is 44.2 Å². The molecule has 0 amide bonds. The van der Waals surface area contributed by atoms with Gasteiger partial charge in [0.05, 0.1) is 5.69 Å². The fraction of sp³-hybridized carbons (Fsp3) is 0.643. The molecule has 1 heterocycles. The zero-order chi connectivity index (χ0) is 12.1. The summed E-state index contributed by atoms with van der Waals surface area (Å²) in [5.41, 5.74) is 1.17. The summed E-state index contributed by atoms with van der Waals surface area (Å²) in [5.74, 6) is 0.881. The summed E-state index contributed by atoms with van der Waals surface area (Å²) < 4.78 is 1.05. The molecular formula is C14H21BrN2. The fourth-order valence-electron chi connectivity index (χ4n) is 2.74. The summed E-state index contributed by atoms with van der Waals surface area (Å²) in [6.07, 6.45) is 10.2. The maximum Gasteiger partial charge on any atom is 0.0574 e. The van der Waals surface area contributed by atoms with E-state index < -0.39 is 0 Å². The number of halogens is 1. The predicted octanol–water partition coefficient (Wildman–Crippen LogP) is 4.08. The van der Waals surface area contributed by atoms with Crippen LogP contribution in [0.2, 0.25) is 0 Å². The summed E-state index contributed by atoms with van der Waals surface area (Å²) in [6.45, 7) is 0. The van der Waals surface area contributed by atoms with Gasteiger partial charge in [0, 0.05) is 16.7 Å². The first-order chi connectivity index (χ1) is 8.29. The average Bonchev–Trinajstić information content (AvgIpc) is 2.38. The van der Waals surface area contributed by atoms with E-state index in [4.69, 9.17) is 0 Å². The Balaban J connectivity index is 1.97. The van der Waals surface area contributed by atoms with E-state index in [2.05, 4.69) is 38.4 Å². The van der Waals surface area contributed by atoms with Crippen LogP contribution in [0.1, 0.15) is 50.3 Å². The number of hydrogen-bond acceptors (Lipinski definition) is 2. The van der Waals surface area contributed by atoms with Gasteiger partial charge in [0.25, 0.3) is 0 Å². The molecule has 0 spiro atoms. The Morgan fingerprint density at radius 3 is 2.71 bits per heavy atom. The van der Waals surface area contributed by atoms with Crippen molar-refractivity contribution in [3.05, 3.63) is 28.5 Å². The lowest BCUT2D eigenvalue weighted by Crippen LogP contribution is -2.22. The van der Waals surface area contributed by atoms with Crippen molar-refractivity contribution in [3.8, 4) is 0 Å². The third-order valence-electron chi connectivity index (χ3n) is 3.75. The van der Waals surface area contributed by atoms with Gasteiger partial charge in [0.2, 0.25) is 0 Å². The van der Waals surface area contributed by atoms with E-state index in [0.717, 1.165) is 10.4 Å². The van der Waals surface area contributed by atoms with Crippen LogP contribution in [0.3, 0.4) is 0 Å². The van der Waals surface area contributed by atoms with E-state index in [9.17, 15) is 0 Å². The average molecular weight is 297 g/mol. The van der Waals surface area contributed by atoms with Crippen molar-refractivity contribution in [2.24, 2.45) is 5.92 Å². The van der Waals surface area contributed by atoms with Crippen molar-refractivity contribution >= 4 is 15.9 Å². The molecule has 1 aromatic heterocycles. The van der Waals surface area contributed by atoms with E-state index in [1.807, 2.05) is 13.2 Å². The van der Waals surface area contributed by atoms with Crippen molar-refractivity contribution in [2.75, 3.05) is 7.05 Å². The molecule has 0 aliphatic heterocycles. The molecule has 0 aromatic carbocycles. The maximum absolute atomic E-state index is 4.51. The molecule has 94 valence electrons. The van der Waals surface area contributed by atoms with E-state index in [-0.39, 0.29) is 0 Å². The fourth-order valence-corrected chi connectivity index (χ4v) is 2.97. The first-order valence-corrected chi connectivity index (χ1v) is 7.37. The molecule has 0 saturated heterocycles. The van der Waals surface area contributed by atoms with Crippen molar-refractivity contribution in [1.82, 2.24) is 10.3 Å². The summed E-state index contributed by atoms with van der Waals surface area (Å²) in [7, 11) is 2.04. The number of nitrogens with one attached hydrogen (secondary N) is 1. The standard InChI is InChI=1S/C14H21BrN2/c1-16-14(9-11-5-3-2-4-6-11)13-8-7-12(15)10-17-13/h7-8,10-11,14,16H,2-6,9H2,1H3. The molecule has 1 aliphatic carbocycles. The van der Waals surface area contributed by atoms with E-state index >= 15 is 0 Å².